The Hall–Kier alpha value is -1.95. The normalized spacial score (nSPS) is 22.6. The van der Waals surface area contributed by atoms with Crippen molar-refractivity contribution in [3.63, 3.8) is 0 Å². The van der Waals surface area contributed by atoms with Crippen LogP contribution in [0.1, 0.15) is 49.8 Å². The lowest BCUT2D eigenvalue weighted by atomic mass is 10.0. The molecule has 2 aliphatic heterocycles. The van der Waals surface area contributed by atoms with E-state index in [2.05, 4.69) is 4.98 Å². The van der Waals surface area contributed by atoms with E-state index in [-0.39, 0.29) is 29.6 Å². The summed E-state index contributed by atoms with van der Waals surface area (Å²) in [7, 11) is 1.81. The molecule has 0 saturated carbocycles. The zero-order valence-electron chi connectivity index (χ0n) is 15.5. The third-order valence-electron chi connectivity index (χ3n) is 5.18. The Bertz CT molecular complexity index is 668. The van der Waals surface area contributed by atoms with E-state index in [1.54, 1.807) is 22.9 Å². The molecule has 2 saturated heterocycles. The number of carbonyl (C=O) groups excluding carboxylic acids is 2. The molecule has 0 bridgehead atoms. The Morgan fingerprint density at radius 3 is 2.68 bits per heavy atom. The summed E-state index contributed by atoms with van der Waals surface area (Å²) in [5, 5.41) is 0. The fraction of sp³-hybridized carbons (Fsp3) is 0.632. The second-order valence-corrected chi connectivity index (χ2v) is 7.59. The van der Waals surface area contributed by atoms with Gasteiger partial charge in [-0.05, 0) is 45.2 Å². The molecule has 6 nitrogen and oxygen atoms in total. The number of likely N-dealkylation sites (N-methyl/N-ethyl adjacent to an activating group) is 1. The highest BCUT2D eigenvalue weighted by Gasteiger charge is 2.42. The number of hydrogen-bond acceptors (Lipinski definition) is 4. The van der Waals surface area contributed by atoms with Crippen molar-refractivity contribution in [3.8, 4) is 0 Å². The number of pyridine rings is 1. The smallest absolute Gasteiger partial charge is 0.272 e. The zero-order chi connectivity index (χ0) is 18.2. The Balaban J connectivity index is 1.54. The number of ether oxygens (including phenoxy) is 1. The van der Waals surface area contributed by atoms with Crippen molar-refractivity contribution in [3.05, 3.63) is 29.6 Å². The van der Waals surface area contributed by atoms with Crippen LogP contribution in [0.4, 0.5) is 0 Å². The summed E-state index contributed by atoms with van der Waals surface area (Å²) >= 11 is 0. The maximum atomic E-state index is 12.6. The van der Waals surface area contributed by atoms with Crippen LogP contribution in [0.15, 0.2) is 18.2 Å². The molecule has 0 spiro atoms. The first-order chi connectivity index (χ1) is 11.8. The lowest BCUT2D eigenvalue weighted by Crippen LogP contribution is -2.62. The Labute approximate surface area is 149 Å². The standard InChI is InChI=1S/C19H27N3O3/c1-5-13-7-6-8-15(20-13)17(23)22-11-14(12-22)21(4)18(24)16-9-10-19(2,3)25-16/h6-8,14,16H,5,9-12H2,1-4H3. The summed E-state index contributed by atoms with van der Waals surface area (Å²) < 4.78 is 5.84. The minimum atomic E-state index is -0.354. The van der Waals surface area contributed by atoms with Crippen molar-refractivity contribution in [2.24, 2.45) is 0 Å². The van der Waals surface area contributed by atoms with Crippen molar-refractivity contribution in [2.75, 3.05) is 20.1 Å². The van der Waals surface area contributed by atoms with Crippen LogP contribution < -0.4 is 0 Å². The number of hydrogen-bond donors (Lipinski definition) is 0. The third-order valence-corrected chi connectivity index (χ3v) is 5.18. The molecule has 0 aromatic carbocycles. The van der Waals surface area contributed by atoms with E-state index >= 15 is 0 Å². The molecule has 2 aliphatic rings. The molecule has 136 valence electrons. The number of carbonyl (C=O) groups is 2. The van der Waals surface area contributed by atoms with Gasteiger partial charge in [-0.15, -0.1) is 0 Å². The molecular formula is C19H27N3O3. The van der Waals surface area contributed by atoms with E-state index in [1.165, 1.54) is 0 Å². The minimum absolute atomic E-state index is 0.0220. The summed E-state index contributed by atoms with van der Waals surface area (Å²) in [5.74, 6) is -0.0422. The van der Waals surface area contributed by atoms with Gasteiger partial charge in [0.15, 0.2) is 0 Å². The van der Waals surface area contributed by atoms with E-state index in [0.717, 1.165) is 25.0 Å². The van der Waals surface area contributed by atoms with Gasteiger partial charge in [0.2, 0.25) is 0 Å². The number of likely N-dealkylation sites (tertiary alicyclic amines) is 1. The number of rotatable bonds is 4. The van der Waals surface area contributed by atoms with Crippen LogP contribution in [-0.4, -0.2) is 64.5 Å². The molecule has 6 heteroatoms. The van der Waals surface area contributed by atoms with Gasteiger partial charge >= 0.3 is 0 Å². The number of nitrogens with zero attached hydrogens (tertiary/aromatic N) is 3. The van der Waals surface area contributed by atoms with Crippen molar-refractivity contribution in [1.29, 1.82) is 0 Å². The first kappa shape index (κ1) is 17.9. The Morgan fingerprint density at radius 1 is 1.36 bits per heavy atom. The molecule has 0 radical (unpaired) electrons. The van der Waals surface area contributed by atoms with Gasteiger partial charge in [0.1, 0.15) is 11.8 Å². The molecule has 1 unspecified atom stereocenters. The summed E-state index contributed by atoms with van der Waals surface area (Å²) in [6.45, 7) is 7.15. The van der Waals surface area contributed by atoms with Gasteiger partial charge in [-0.1, -0.05) is 13.0 Å². The van der Waals surface area contributed by atoms with E-state index in [4.69, 9.17) is 4.74 Å². The van der Waals surface area contributed by atoms with Crippen molar-refractivity contribution in [1.82, 2.24) is 14.8 Å². The molecule has 3 heterocycles. The molecule has 0 aliphatic carbocycles. The number of aromatic nitrogens is 1. The highest BCUT2D eigenvalue weighted by Crippen LogP contribution is 2.31. The van der Waals surface area contributed by atoms with Crippen LogP contribution in [-0.2, 0) is 16.0 Å². The largest absolute Gasteiger partial charge is 0.363 e. The Morgan fingerprint density at radius 2 is 2.08 bits per heavy atom. The minimum Gasteiger partial charge on any atom is -0.363 e. The van der Waals surface area contributed by atoms with Gasteiger partial charge in [-0.25, -0.2) is 4.98 Å². The Kier molecular flexibility index (Phi) is 4.82. The van der Waals surface area contributed by atoms with Gasteiger partial charge in [-0.3, -0.25) is 9.59 Å². The molecular weight excluding hydrogens is 318 g/mol. The first-order valence-electron chi connectivity index (χ1n) is 9.00. The summed E-state index contributed by atoms with van der Waals surface area (Å²) in [6.07, 6.45) is 2.11. The molecule has 3 rings (SSSR count). The summed E-state index contributed by atoms with van der Waals surface area (Å²) in [4.78, 5) is 33.0. The molecule has 25 heavy (non-hydrogen) atoms. The molecule has 1 atom stereocenters. The van der Waals surface area contributed by atoms with Crippen molar-refractivity contribution < 1.29 is 14.3 Å². The van der Waals surface area contributed by atoms with Gasteiger partial charge in [0, 0.05) is 25.8 Å². The fourth-order valence-corrected chi connectivity index (χ4v) is 3.39. The van der Waals surface area contributed by atoms with Crippen LogP contribution in [0.25, 0.3) is 0 Å². The van der Waals surface area contributed by atoms with Crippen LogP contribution >= 0.6 is 0 Å². The molecule has 2 amide bonds. The predicted molar refractivity (Wildman–Crippen MR) is 94.3 cm³/mol. The zero-order valence-corrected chi connectivity index (χ0v) is 15.5. The van der Waals surface area contributed by atoms with E-state index in [9.17, 15) is 9.59 Å². The average molecular weight is 345 g/mol. The molecule has 1 aromatic heterocycles. The van der Waals surface area contributed by atoms with Gasteiger partial charge in [0.25, 0.3) is 11.8 Å². The van der Waals surface area contributed by atoms with E-state index < -0.39 is 0 Å². The third kappa shape index (κ3) is 3.68. The van der Waals surface area contributed by atoms with Crippen LogP contribution in [0, 0.1) is 0 Å². The second kappa shape index (κ2) is 6.75. The number of aryl methyl sites for hydroxylation is 1. The quantitative estimate of drug-likeness (QED) is 0.836. The highest BCUT2D eigenvalue weighted by molar-refractivity contribution is 5.93. The van der Waals surface area contributed by atoms with Crippen LogP contribution in [0.5, 0.6) is 0 Å². The topological polar surface area (TPSA) is 62.7 Å². The first-order valence-corrected chi connectivity index (χ1v) is 9.00. The second-order valence-electron chi connectivity index (χ2n) is 7.59. The predicted octanol–water partition coefficient (Wildman–Crippen LogP) is 1.88. The monoisotopic (exact) mass is 345 g/mol. The molecule has 2 fully saturated rings. The molecule has 0 N–H and O–H groups in total. The SMILES string of the molecule is CCc1cccc(C(=O)N2CC(N(C)C(=O)C3CCC(C)(C)O3)C2)n1. The summed E-state index contributed by atoms with van der Waals surface area (Å²) in [5.41, 5.74) is 1.17. The highest BCUT2D eigenvalue weighted by atomic mass is 16.5. The van der Waals surface area contributed by atoms with Crippen LogP contribution in [0.2, 0.25) is 0 Å². The van der Waals surface area contributed by atoms with Crippen LogP contribution in [0.3, 0.4) is 0 Å². The van der Waals surface area contributed by atoms with Crippen molar-refractivity contribution in [2.45, 2.75) is 57.8 Å². The van der Waals surface area contributed by atoms with Gasteiger partial charge < -0.3 is 14.5 Å². The fourth-order valence-electron chi connectivity index (χ4n) is 3.39. The lowest BCUT2D eigenvalue weighted by Gasteiger charge is -2.44. The van der Waals surface area contributed by atoms with E-state index in [0.29, 0.717) is 18.8 Å². The van der Waals surface area contributed by atoms with Crippen molar-refractivity contribution >= 4 is 11.8 Å². The maximum absolute atomic E-state index is 12.6. The maximum Gasteiger partial charge on any atom is 0.272 e. The molecule has 1 aromatic rings. The summed E-state index contributed by atoms with van der Waals surface area (Å²) in [6, 6.07) is 5.59. The van der Waals surface area contributed by atoms with E-state index in [1.807, 2.05) is 32.9 Å². The lowest BCUT2D eigenvalue weighted by molar-refractivity contribution is -0.149. The van der Waals surface area contributed by atoms with Gasteiger partial charge in [-0.2, -0.15) is 0 Å². The number of amides is 2. The van der Waals surface area contributed by atoms with Gasteiger partial charge in [0.05, 0.1) is 11.6 Å². The average Bonchev–Trinajstić information content (AvgIpc) is 2.92.